The summed E-state index contributed by atoms with van der Waals surface area (Å²) < 4.78 is 5.49. The smallest absolute Gasteiger partial charge is 0.135 e. The Bertz CT molecular complexity index is 457. The third-order valence-corrected chi connectivity index (χ3v) is 2.36. The summed E-state index contributed by atoms with van der Waals surface area (Å²) in [4.78, 5) is 0. The van der Waals surface area contributed by atoms with Crippen molar-refractivity contribution in [1.82, 2.24) is 0 Å². The normalized spacial score (nSPS) is 10.5. The molecule has 1 aromatic carbocycles. The highest BCUT2D eigenvalue weighted by Gasteiger charge is 2.05. The van der Waals surface area contributed by atoms with Crippen molar-refractivity contribution >= 4 is 11.6 Å². The van der Waals surface area contributed by atoms with E-state index >= 15 is 0 Å². The van der Waals surface area contributed by atoms with Crippen molar-refractivity contribution in [1.29, 1.82) is 0 Å². The average Bonchev–Trinajstić information content (AvgIpc) is 2.51. The van der Waals surface area contributed by atoms with Crippen molar-refractivity contribution in [2.45, 2.75) is 13.8 Å². The zero-order valence-electron chi connectivity index (χ0n) is 8.10. The monoisotopic (exact) mass is 205 g/mol. The minimum Gasteiger partial charge on any atom is -0.461 e. The zero-order valence-corrected chi connectivity index (χ0v) is 8.85. The highest BCUT2D eigenvalue weighted by Crippen LogP contribution is 2.26. The van der Waals surface area contributed by atoms with Gasteiger partial charge in [0, 0.05) is 16.7 Å². The molecule has 2 heteroatoms. The molecule has 0 N–H and O–H groups in total. The summed E-state index contributed by atoms with van der Waals surface area (Å²) in [5, 5.41) is 0.749. The molecular formula is C12H10ClO. The quantitative estimate of drug-likeness (QED) is 0.686. The van der Waals surface area contributed by atoms with Gasteiger partial charge in [-0.25, -0.2) is 0 Å². The molecule has 71 valence electrons. The maximum atomic E-state index is 5.87. The van der Waals surface area contributed by atoms with Crippen molar-refractivity contribution in [3.8, 4) is 11.3 Å². The Labute approximate surface area is 88.3 Å². The van der Waals surface area contributed by atoms with Crippen molar-refractivity contribution in [2.24, 2.45) is 0 Å². The van der Waals surface area contributed by atoms with Crippen LogP contribution in [0.3, 0.4) is 0 Å². The van der Waals surface area contributed by atoms with Crippen LogP contribution in [0.5, 0.6) is 0 Å². The van der Waals surface area contributed by atoms with Gasteiger partial charge in [0.2, 0.25) is 0 Å². The van der Waals surface area contributed by atoms with Gasteiger partial charge in [0.05, 0.1) is 0 Å². The van der Waals surface area contributed by atoms with Gasteiger partial charge >= 0.3 is 0 Å². The Morgan fingerprint density at radius 1 is 1.29 bits per heavy atom. The van der Waals surface area contributed by atoms with Crippen molar-refractivity contribution < 1.29 is 4.42 Å². The zero-order chi connectivity index (χ0) is 10.1. The van der Waals surface area contributed by atoms with E-state index < -0.39 is 0 Å². The van der Waals surface area contributed by atoms with Gasteiger partial charge in [-0.05, 0) is 43.7 Å². The van der Waals surface area contributed by atoms with Crippen LogP contribution in [-0.4, -0.2) is 0 Å². The van der Waals surface area contributed by atoms with Crippen molar-refractivity contribution in [3.05, 3.63) is 46.7 Å². The van der Waals surface area contributed by atoms with Gasteiger partial charge in [0.15, 0.2) is 0 Å². The predicted molar refractivity (Wildman–Crippen MR) is 57.5 cm³/mol. The fraction of sp³-hybridized carbons (Fsp3) is 0.167. The van der Waals surface area contributed by atoms with Crippen LogP contribution >= 0.6 is 11.6 Å². The van der Waals surface area contributed by atoms with E-state index in [0.717, 1.165) is 27.7 Å². The minimum absolute atomic E-state index is 0.749. The van der Waals surface area contributed by atoms with Crippen LogP contribution in [-0.2, 0) is 0 Å². The first-order valence-electron chi connectivity index (χ1n) is 4.41. The van der Waals surface area contributed by atoms with E-state index in [0.29, 0.717) is 0 Å². The molecule has 0 aliphatic carbocycles. The Morgan fingerprint density at radius 3 is 2.64 bits per heavy atom. The molecule has 0 saturated carbocycles. The molecule has 14 heavy (non-hydrogen) atoms. The lowest BCUT2D eigenvalue weighted by atomic mass is 10.1. The molecule has 0 saturated heterocycles. The number of furan rings is 1. The van der Waals surface area contributed by atoms with Gasteiger partial charge in [0.1, 0.15) is 11.5 Å². The van der Waals surface area contributed by atoms with E-state index in [2.05, 4.69) is 6.07 Å². The van der Waals surface area contributed by atoms with E-state index in [1.165, 1.54) is 0 Å². The molecule has 0 aliphatic rings. The van der Waals surface area contributed by atoms with Crippen molar-refractivity contribution in [3.63, 3.8) is 0 Å². The number of hydrogen-bond donors (Lipinski definition) is 0. The summed E-state index contributed by atoms with van der Waals surface area (Å²) in [6, 6.07) is 10.6. The maximum Gasteiger partial charge on any atom is 0.135 e. The largest absolute Gasteiger partial charge is 0.461 e. The highest BCUT2D eigenvalue weighted by molar-refractivity contribution is 6.30. The second-order valence-electron chi connectivity index (χ2n) is 3.27. The molecule has 0 amide bonds. The third kappa shape index (κ3) is 1.68. The molecule has 2 aromatic rings. The summed E-state index contributed by atoms with van der Waals surface area (Å²) in [6.07, 6.45) is 0. The molecule has 0 unspecified atom stereocenters. The van der Waals surface area contributed by atoms with Crippen LogP contribution in [0.2, 0.25) is 5.02 Å². The Balaban J connectivity index is 2.52. The van der Waals surface area contributed by atoms with Crippen LogP contribution < -0.4 is 0 Å². The van der Waals surface area contributed by atoms with Gasteiger partial charge in [-0.1, -0.05) is 11.6 Å². The number of aryl methyl sites for hydroxylation is 2. The maximum absolute atomic E-state index is 5.87. The first-order chi connectivity index (χ1) is 6.66. The fourth-order valence-electron chi connectivity index (χ4n) is 1.43. The Hall–Kier alpha value is -1.21. The first kappa shape index (κ1) is 9.35. The average molecular weight is 206 g/mol. The van der Waals surface area contributed by atoms with Crippen LogP contribution in [0.4, 0.5) is 0 Å². The van der Waals surface area contributed by atoms with E-state index in [-0.39, 0.29) is 0 Å². The summed E-state index contributed by atoms with van der Waals surface area (Å²) in [5.74, 6) is 1.64. The summed E-state index contributed by atoms with van der Waals surface area (Å²) in [6.45, 7) is 3.90. The number of rotatable bonds is 1. The van der Waals surface area contributed by atoms with Crippen molar-refractivity contribution in [2.75, 3.05) is 0 Å². The van der Waals surface area contributed by atoms with Crippen LogP contribution in [0.25, 0.3) is 11.3 Å². The summed E-state index contributed by atoms with van der Waals surface area (Å²) in [7, 11) is 0. The first-order valence-corrected chi connectivity index (χ1v) is 4.79. The lowest BCUT2D eigenvalue weighted by Crippen LogP contribution is -1.80. The lowest BCUT2D eigenvalue weighted by Gasteiger charge is -2.02. The SMILES string of the molecule is Cc1[c]cc(-c2ccc(Cl)cc2C)o1. The molecule has 0 bridgehead atoms. The third-order valence-electron chi connectivity index (χ3n) is 2.12. The number of halogens is 1. The predicted octanol–water partition coefficient (Wildman–Crippen LogP) is 4.02. The molecule has 2 rings (SSSR count). The Morgan fingerprint density at radius 2 is 2.07 bits per heavy atom. The second-order valence-corrected chi connectivity index (χ2v) is 3.71. The van der Waals surface area contributed by atoms with Crippen LogP contribution in [0, 0.1) is 19.9 Å². The van der Waals surface area contributed by atoms with E-state index in [4.69, 9.17) is 16.0 Å². The molecule has 0 fully saturated rings. The Kier molecular flexibility index (Phi) is 2.34. The molecule has 1 aromatic heterocycles. The van der Waals surface area contributed by atoms with Gasteiger partial charge < -0.3 is 4.42 Å². The number of benzene rings is 1. The van der Waals surface area contributed by atoms with Gasteiger partial charge in [0.25, 0.3) is 0 Å². The van der Waals surface area contributed by atoms with Crippen LogP contribution in [0.1, 0.15) is 11.3 Å². The minimum atomic E-state index is 0.749. The fourth-order valence-corrected chi connectivity index (χ4v) is 1.65. The van der Waals surface area contributed by atoms with Gasteiger partial charge in [-0.15, -0.1) is 0 Å². The number of hydrogen-bond acceptors (Lipinski definition) is 1. The molecule has 1 radical (unpaired) electrons. The second kappa shape index (κ2) is 3.50. The summed E-state index contributed by atoms with van der Waals surface area (Å²) >= 11 is 5.87. The molecule has 0 spiro atoms. The molecule has 0 atom stereocenters. The highest BCUT2D eigenvalue weighted by atomic mass is 35.5. The topological polar surface area (TPSA) is 13.1 Å². The van der Waals surface area contributed by atoms with E-state index in [9.17, 15) is 0 Å². The molecule has 1 nitrogen and oxygen atoms in total. The molecule has 0 aliphatic heterocycles. The molecular weight excluding hydrogens is 196 g/mol. The summed E-state index contributed by atoms with van der Waals surface area (Å²) in [5.41, 5.74) is 2.18. The van der Waals surface area contributed by atoms with Gasteiger partial charge in [-0.2, -0.15) is 0 Å². The van der Waals surface area contributed by atoms with Gasteiger partial charge in [-0.3, -0.25) is 0 Å². The van der Waals surface area contributed by atoms with E-state index in [1.807, 2.05) is 38.1 Å². The lowest BCUT2D eigenvalue weighted by molar-refractivity contribution is 0.547. The molecule has 1 heterocycles. The van der Waals surface area contributed by atoms with Crippen LogP contribution in [0.15, 0.2) is 28.7 Å². The standard InChI is InChI=1S/C12H10ClO/c1-8-7-10(13)4-5-11(8)12-6-3-9(2)14-12/h4-7H,1-2H3. The van der Waals surface area contributed by atoms with E-state index in [1.54, 1.807) is 0 Å².